The van der Waals surface area contributed by atoms with E-state index >= 15 is 0 Å². The Morgan fingerprint density at radius 2 is 1.97 bits per heavy atom. The van der Waals surface area contributed by atoms with E-state index in [-0.39, 0.29) is 29.9 Å². The molecular formula is C23H24F3N7O. The molecule has 11 heteroatoms. The van der Waals surface area contributed by atoms with Crippen LogP contribution in [0.15, 0.2) is 27.8 Å². The molecule has 0 unspecified atom stereocenters. The Morgan fingerprint density at radius 3 is 2.65 bits per heavy atom. The maximum atomic E-state index is 13.9. The Labute approximate surface area is 194 Å². The second-order valence-electron chi connectivity index (χ2n) is 8.74. The van der Waals surface area contributed by atoms with Gasteiger partial charge in [-0.3, -0.25) is 4.99 Å². The molecule has 1 saturated heterocycles. The first-order chi connectivity index (χ1) is 16.2. The predicted octanol–water partition coefficient (Wildman–Crippen LogP) is 4.07. The third kappa shape index (κ3) is 4.15. The molecule has 0 radical (unpaired) electrons. The highest BCUT2D eigenvalue weighted by Crippen LogP contribution is 2.35. The van der Waals surface area contributed by atoms with Gasteiger partial charge in [-0.1, -0.05) is 5.16 Å². The molecule has 0 bridgehead atoms. The number of hydrogen-bond acceptors (Lipinski definition) is 8. The van der Waals surface area contributed by atoms with E-state index in [0.717, 1.165) is 24.6 Å². The Balaban J connectivity index is 1.50. The summed E-state index contributed by atoms with van der Waals surface area (Å²) >= 11 is 0. The molecule has 2 aliphatic heterocycles. The molecule has 5 heterocycles. The number of piperidine rings is 1. The number of nitrogens with one attached hydrogen (secondary N) is 2. The summed E-state index contributed by atoms with van der Waals surface area (Å²) in [4.78, 5) is 17.3. The number of hydrogen-bond donors (Lipinski definition) is 2. The lowest BCUT2D eigenvalue weighted by Gasteiger charge is -2.28. The molecule has 8 nitrogen and oxygen atoms in total. The highest BCUT2D eigenvalue weighted by Gasteiger charge is 2.38. The standard InChI is InChI=1S/C23H24F3N7O/c1-11-4-5-14(8-27-11)30-22-29-9-16(23(24,25)26)21(32-22)20-15-6-7-17(31-18(15)10-28-20)19-12(2)33-34-13(19)3/h6-7,9,11,14,27H,4-5,8,10H2,1-3H3,(H,29,30,32)/t11-,14-/m0/s1. The normalized spacial score (nSPS) is 20.2. The third-order valence-electron chi connectivity index (χ3n) is 6.22. The first-order valence-electron chi connectivity index (χ1n) is 11.1. The van der Waals surface area contributed by atoms with E-state index in [4.69, 9.17) is 4.52 Å². The molecule has 1 fully saturated rings. The zero-order valence-corrected chi connectivity index (χ0v) is 19.0. The van der Waals surface area contributed by atoms with E-state index in [1.54, 1.807) is 19.1 Å². The van der Waals surface area contributed by atoms with Gasteiger partial charge in [0.2, 0.25) is 5.95 Å². The monoisotopic (exact) mass is 471 g/mol. The summed E-state index contributed by atoms with van der Waals surface area (Å²) in [7, 11) is 0. The Morgan fingerprint density at radius 1 is 1.15 bits per heavy atom. The van der Waals surface area contributed by atoms with Crippen LogP contribution >= 0.6 is 0 Å². The van der Waals surface area contributed by atoms with Crippen LogP contribution in [0.5, 0.6) is 0 Å². The minimum atomic E-state index is -4.62. The van der Waals surface area contributed by atoms with E-state index < -0.39 is 11.7 Å². The van der Waals surface area contributed by atoms with Gasteiger partial charge in [0, 0.05) is 30.4 Å². The van der Waals surface area contributed by atoms with E-state index in [1.807, 2.05) is 6.92 Å². The van der Waals surface area contributed by atoms with Gasteiger partial charge in [-0.05, 0) is 45.7 Å². The number of aryl methyl sites for hydroxylation is 2. The summed E-state index contributed by atoms with van der Waals surface area (Å²) in [5.74, 6) is 0.780. The molecule has 2 N–H and O–H groups in total. The zero-order valence-electron chi connectivity index (χ0n) is 19.0. The van der Waals surface area contributed by atoms with Crippen molar-refractivity contribution in [2.45, 2.75) is 58.4 Å². The van der Waals surface area contributed by atoms with Crippen molar-refractivity contribution in [1.29, 1.82) is 0 Å². The molecule has 2 atom stereocenters. The van der Waals surface area contributed by atoms with Gasteiger partial charge in [0.05, 0.1) is 34.9 Å². The number of nitrogens with zero attached hydrogens (tertiary/aromatic N) is 5. The van der Waals surface area contributed by atoms with Gasteiger partial charge in [-0.2, -0.15) is 13.2 Å². The molecule has 178 valence electrons. The SMILES string of the molecule is Cc1noc(C)c1-c1ccc2c(n1)CN=C2c1nc(N[C@H]2CC[C@H](C)NC2)ncc1C(F)(F)F. The fourth-order valence-corrected chi connectivity index (χ4v) is 4.41. The molecule has 3 aromatic rings. The summed E-state index contributed by atoms with van der Waals surface area (Å²) in [6.07, 6.45) is -1.95. The van der Waals surface area contributed by atoms with Crippen LogP contribution in [0.2, 0.25) is 0 Å². The molecule has 0 aromatic carbocycles. The number of pyridine rings is 1. The van der Waals surface area contributed by atoms with Crippen molar-refractivity contribution in [2.75, 3.05) is 11.9 Å². The van der Waals surface area contributed by atoms with E-state index in [9.17, 15) is 13.2 Å². The molecule has 0 saturated carbocycles. The van der Waals surface area contributed by atoms with Crippen LogP contribution in [-0.4, -0.2) is 44.4 Å². The maximum Gasteiger partial charge on any atom is 0.420 e. The fourth-order valence-electron chi connectivity index (χ4n) is 4.41. The van der Waals surface area contributed by atoms with E-state index in [2.05, 4.69) is 42.7 Å². The number of rotatable bonds is 4. The van der Waals surface area contributed by atoms with Crippen molar-refractivity contribution in [3.63, 3.8) is 0 Å². The molecule has 5 rings (SSSR count). The van der Waals surface area contributed by atoms with Crippen LogP contribution in [0.4, 0.5) is 19.1 Å². The van der Waals surface area contributed by atoms with Gasteiger partial charge in [-0.25, -0.2) is 15.0 Å². The summed E-state index contributed by atoms with van der Waals surface area (Å²) in [5, 5.41) is 10.5. The van der Waals surface area contributed by atoms with Crippen molar-refractivity contribution in [3.05, 3.63) is 52.3 Å². The van der Waals surface area contributed by atoms with Crippen LogP contribution < -0.4 is 10.6 Å². The molecule has 2 aliphatic rings. The number of aromatic nitrogens is 4. The average molecular weight is 471 g/mol. The number of aliphatic imine (C=N–C) groups is 1. The van der Waals surface area contributed by atoms with Gasteiger partial charge in [0.25, 0.3) is 0 Å². The largest absolute Gasteiger partial charge is 0.420 e. The molecule has 0 aliphatic carbocycles. The molecule has 34 heavy (non-hydrogen) atoms. The Hall–Kier alpha value is -3.34. The van der Waals surface area contributed by atoms with Gasteiger partial charge in [0.1, 0.15) is 17.0 Å². The average Bonchev–Trinajstić information content (AvgIpc) is 3.36. The topological polar surface area (TPSA) is 101 Å². The van der Waals surface area contributed by atoms with Crippen LogP contribution in [0, 0.1) is 13.8 Å². The lowest BCUT2D eigenvalue weighted by Crippen LogP contribution is -2.43. The second-order valence-corrected chi connectivity index (χ2v) is 8.74. The third-order valence-corrected chi connectivity index (χ3v) is 6.22. The summed E-state index contributed by atoms with van der Waals surface area (Å²) in [5.41, 5.74) is 2.23. The minimum absolute atomic E-state index is 0.0397. The number of halogens is 3. The number of fused-ring (bicyclic) bond motifs is 1. The first-order valence-corrected chi connectivity index (χ1v) is 11.1. The summed E-state index contributed by atoms with van der Waals surface area (Å²) in [6.45, 7) is 6.56. The lowest BCUT2D eigenvalue weighted by atomic mass is 10.0. The van der Waals surface area contributed by atoms with Crippen LogP contribution in [-0.2, 0) is 12.7 Å². The Kier molecular flexibility index (Phi) is 5.59. The highest BCUT2D eigenvalue weighted by atomic mass is 19.4. The molecule has 0 amide bonds. The van der Waals surface area contributed by atoms with Gasteiger partial charge in [-0.15, -0.1) is 0 Å². The zero-order chi connectivity index (χ0) is 24.0. The van der Waals surface area contributed by atoms with Crippen molar-refractivity contribution in [1.82, 2.24) is 25.4 Å². The van der Waals surface area contributed by atoms with Gasteiger partial charge < -0.3 is 15.2 Å². The van der Waals surface area contributed by atoms with Crippen molar-refractivity contribution in [3.8, 4) is 11.3 Å². The van der Waals surface area contributed by atoms with Crippen LogP contribution in [0.1, 0.15) is 53.7 Å². The quantitative estimate of drug-likeness (QED) is 0.592. The van der Waals surface area contributed by atoms with Crippen molar-refractivity contribution >= 4 is 11.7 Å². The minimum Gasteiger partial charge on any atom is -0.361 e. The maximum absolute atomic E-state index is 13.9. The summed E-state index contributed by atoms with van der Waals surface area (Å²) in [6, 6.07) is 3.93. The lowest BCUT2D eigenvalue weighted by molar-refractivity contribution is -0.138. The predicted molar refractivity (Wildman–Crippen MR) is 120 cm³/mol. The number of alkyl halides is 3. The molecule has 3 aromatic heterocycles. The van der Waals surface area contributed by atoms with Crippen molar-refractivity contribution < 1.29 is 17.7 Å². The van der Waals surface area contributed by atoms with Crippen LogP contribution in [0.25, 0.3) is 11.3 Å². The van der Waals surface area contributed by atoms with E-state index in [0.29, 0.717) is 41.0 Å². The first kappa shape index (κ1) is 22.5. The molecule has 0 spiro atoms. The number of anilines is 1. The van der Waals surface area contributed by atoms with Crippen LogP contribution in [0.3, 0.4) is 0 Å². The summed E-state index contributed by atoms with van der Waals surface area (Å²) < 4.78 is 46.8. The van der Waals surface area contributed by atoms with Gasteiger partial charge >= 0.3 is 6.18 Å². The van der Waals surface area contributed by atoms with Gasteiger partial charge in [0.15, 0.2) is 0 Å². The second kappa shape index (κ2) is 8.46. The highest BCUT2D eigenvalue weighted by molar-refractivity contribution is 6.14. The fraction of sp³-hybridized carbons (Fsp3) is 0.435. The van der Waals surface area contributed by atoms with E-state index in [1.165, 1.54) is 0 Å². The smallest absolute Gasteiger partial charge is 0.361 e. The van der Waals surface area contributed by atoms with Crippen molar-refractivity contribution in [2.24, 2.45) is 4.99 Å². The molecular weight excluding hydrogens is 447 g/mol. The Bertz CT molecular complexity index is 1240.